The second-order valence-electron chi connectivity index (χ2n) is 18.3. The number of fused-ring (bicyclic) bond motifs is 5. The molecule has 0 radical (unpaired) electrons. The van der Waals surface area contributed by atoms with E-state index in [1.54, 1.807) is 0 Å². The van der Waals surface area contributed by atoms with Crippen LogP contribution in [-0.2, 0) is 28.6 Å². The van der Waals surface area contributed by atoms with Crippen molar-refractivity contribution in [3.63, 3.8) is 0 Å². The monoisotopic (exact) mass is 645 g/mol. The van der Waals surface area contributed by atoms with Gasteiger partial charge in [0.15, 0.2) is 0 Å². The predicted octanol–water partition coefficient (Wildman–Crippen LogP) is 8.54. The highest BCUT2D eigenvalue weighted by atomic mass is 16.6. The highest BCUT2D eigenvalue weighted by molar-refractivity contribution is 5.77. The largest absolute Gasteiger partial charge is 0.461 e. The minimum atomic E-state index is -0.796. The number of carbonyl (C=O) groups excluding carboxylic acids is 3. The Hall–Kier alpha value is -1.63. The van der Waals surface area contributed by atoms with E-state index in [1.807, 2.05) is 41.5 Å². The van der Waals surface area contributed by atoms with Gasteiger partial charge in [-0.2, -0.15) is 0 Å². The topological polar surface area (TPSA) is 105 Å². The summed E-state index contributed by atoms with van der Waals surface area (Å²) in [6, 6.07) is -0.796. The lowest BCUT2D eigenvalue weighted by Gasteiger charge is -2.61. The van der Waals surface area contributed by atoms with Gasteiger partial charge in [-0.3, -0.25) is 14.4 Å². The average Bonchev–Trinajstić information content (AvgIpc) is 3.29. The van der Waals surface area contributed by atoms with Crippen LogP contribution in [0.15, 0.2) is 0 Å². The van der Waals surface area contributed by atoms with E-state index in [0.717, 1.165) is 55.8 Å². The zero-order valence-electron chi connectivity index (χ0n) is 30.8. The summed E-state index contributed by atoms with van der Waals surface area (Å²) in [5, 5.41) is 0. The predicted molar refractivity (Wildman–Crippen MR) is 182 cm³/mol. The zero-order chi connectivity index (χ0) is 34.1. The summed E-state index contributed by atoms with van der Waals surface area (Å²) in [5.41, 5.74) is 5.95. The number of ether oxygens (including phenoxy) is 3. The summed E-state index contributed by atoms with van der Waals surface area (Å²) in [7, 11) is 0. The number of carbonyl (C=O) groups is 3. The lowest BCUT2D eigenvalue weighted by atomic mass is 9.44. The first kappa shape index (κ1) is 37.2. The fraction of sp³-hybridized carbons (Fsp3) is 0.923. The van der Waals surface area contributed by atoms with Gasteiger partial charge in [0.05, 0.1) is 0 Å². The lowest BCUT2D eigenvalue weighted by Crippen LogP contribution is -2.54. The first-order valence-electron chi connectivity index (χ1n) is 18.7. The fourth-order valence-corrected chi connectivity index (χ4v) is 10.7. The van der Waals surface area contributed by atoms with Crippen LogP contribution in [-0.4, -0.2) is 41.3 Å². The molecule has 0 aliphatic heterocycles. The highest BCUT2D eigenvalue weighted by Crippen LogP contribution is 2.68. The van der Waals surface area contributed by atoms with E-state index in [4.69, 9.17) is 19.9 Å². The summed E-state index contributed by atoms with van der Waals surface area (Å²) < 4.78 is 16.8. The molecule has 10 atom stereocenters. The van der Waals surface area contributed by atoms with Crippen molar-refractivity contribution in [3.05, 3.63) is 0 Å². The molecule has 0 amide bonds. The maximum atomic E-state index is 12.9. The number of rotatable bonds is 11. The molecule has 0 aromatic heterocycles. The van der Waals surface area contributed by atoms with E-state index in [0.29, 0.717) is 29.1 Å². The first-order valence-corrected chi connectivity index (χ1v) is 18.7. The van der Waals surface area contributed by atoms with Crippen LogP contribution >= 0.6 is 0 Å². The summed E-state index contributed by atoms with van der Waals surface area (Å²) in [6.07, 6.45) is 14.9. The number of hydrogen-bond donors (Lipinski definition) is 1. The van der Waals surface area contributed by atoms with E-state index < -0.39 is 17.2 Å². The van der Waals surface area contributed by atoms with E-state index >= 15 is 0 Å². The molecule has 0 aromatic rings. The molecule has 4 aliphatic rings. The van der Waals surface area contributed by atoms with E-state index in [9.17, 15) is 14.4 Å². The fourth-order valence-electron chi connectivity index (χ4n) is 10.7. The van der Waals surface area contributed by atoms with Crippen molar-refractivity contribution in [1.29, 1.82) is 0 Å². The van der Waals surface area contributed by atoms with Crippen molar-refractivity contribution < 1.29 is 28.6 Å². The third-order valence-electron chi connectivity index (χ3n) is 12.8. The van der Waals surface area contributed by atoms with Gasteiger partial charge in [-0.05, 0) is 159 Å². The van der Waals surface area contributed by atoms with Gasteiger partial charge in [-0.15, -0.1) is 0 Å². The van der Waals surface area contributed by atoms with Crippen LogP contribution in [0.5, 0.6) is 0 Å². The molecule has 5 unspecified atom stereocenters. The van der Waals surface area contributed by atoms with E-state index in [-0.39, 0.29) is 36.9 Å². The van der Waals surface area contributed by atoms with Crippen molar-refractivity contribution in [2.45, 2.75) is 182 Å². The molecule has 46 heavy (non-hydrogen) atoms. The van der Waals surface area contributed by atoms with Gasteiger partial charge in [0.2, 0.25) is 0 Å². The van der Waals surface area contributed by atoms with Gasteiger partial charge in [0, 0.05) is 12.8 Å². The van der Waals surface area contributed by atoms with Gasteiger partial charge < -0.3 is 19.9 Å². The van der Waals surface area contributed by atoms with Gasteiger partial charge in [0.25, 0.3) is 0 Å². The Balaban J connectivity index is 1.26. The molecular formula is C39H67NO6. The molecule has 4 rings (SSSR count). The van der Waals surface area contributed by atoms with Crippen LogP contribution in [0.3, 0.4) is 0 Å². The van der Waals surface area contributed by atoms with Crippen molar-refractivity contribution in [1.82, 2.24) is 0 Å². The SMILES string of the molecule is C[C@H](CCCCC(=O)OC(C)(C)C)C1CCC2C3CCC4C[C@H](OC(=O)[C@@H](N)CCC(=O)OC(C)(C)C)CC[C@]4(C)C3CC[C@@]21C. The van der Waals surface area contributed by atoms with Gasteiger partial charge in [-0.25, -0.2) is 0 Å². The summed E-state index contributed by atoms with van der Waals surface area (Å²) >= 11 is 0. The summed E-state index contributed by atoms with van der Waals surface area (Å²) in [5.74, 6) is 3.67. The van der Waals surface area contributed by atoms with Crippen LogP contribution in [0, 0.1) is 46.3 Å². The minimum absolute atomic E-state index is 0.0680. The lowest BCUT2D eigenvalue weighted by molar-refractivity contribution is -0.164. The molecule has 0 bridgehead atoms. The third kappa shape index (κ3) is 8.88. The molecule has 4 aliphatic carbocycles. The van der Waals surface area contributed by atoms with Crippen molar-refractivity contribution in [3.8, 4) is 0 Å². The van der Waals surface area contributed by atoms with Gasteiger partial charge in [-0.1, -0.05) is 33.6 Å². The molecule has 7 nitrogen and oxygen atoms in total. The normalized spacial score (nSPS) is 35.6. The molecule has 4 saturated carbocycles. The van der Waals surface area contributed by atoms with Crippen LogP contribution in [0.25, 0.3) is 0 Å². The number of nitrogens with two attached hydrogens (primary N) is 1. The van der Waals surface area contributed by atoms with Gasteiger partial charge in [0.1, 0.15) is 23.3 Å². The smallest absolute Gasteiger partial charge is 0.323 e. The highest BCUT2D eigenvalue weighted by Gasteiger charge is 2.60. The maximum Gasteiger partial charge on any atom is 0.323 e. The minimum Gasteiger partial charge on any atom is -0.461 e. The Bertz CT molecular complexity index is 1080. The van der Waals surface area contributed by atoms with Crippen molar-refractivity contribution >= 4 is 17.9 Å². The van der Waals surface area contributed by atoms with E-state index in [2.05, 4.69) is 20.8 Å². The Labute approximate surface area is 280 Å². The standard InChI is InChI=1S/C39H67NO6/c1-25(12-10-11-13-33(41)45-36(2,3)4)29-16-17-30-28-15-14-26-24-27(20-22-38(26,8)31(28)21-23-39(29,30)9)44-35(43)32(40)18-19-34(42)46-37(5,6)7/h25-32H,10-24,40H2,1-9H3/t25-,26?,27-,28?,29?,30?,31?,32+,38+,39-/m1/s1. The maximum absolute atomic E-state index is 12.9. The zero-order valence-corrected chi connectivity index (χ0v) is 30.8. The molecule has 2 N–H and O–H groups in total. The molecule has 0 saturated heterocycles. The van der Waals surface area contributed by atoms with E-state index in [1.165, 1.54) is 44.9 Å². The Morgan fingerprint density at radius 1 is 0.761 bits per heavy atom. The molecule has 0 spiro atoms. The van der Waals surface area contributed by atoms with Crippen LogP contribution < -0.4 is 5.73 Å². The molecule has 0 heterocycles. The van der Waals surface area contributed by atoms with Gasteiger partial charge >= 0.3 is 17.9 Å². The second-order valence-corrected chi connectivity index (χ2v) is 18.3. The van der Waals surface area contributed by atoms with Crippen molar-refractivity contribution in [2.24, 2.45) is 52.1 Å². The first-order chi connectivity index (χ1) is 21.3. The summed E-state index contributed by atoms with van der Waals surface area (Å²) in [6.45, 7) is 19.0. The summed E-state index contributed by atoms with van der Waals surface area (Å²) in [4.78, 5) is 37.1. The quantitative estimate of drug-likeness (QED) is 0.136. The van der Waals surface area contributed by atoms with Crippen molar-refractivity contribution in [2.75, 3.05) is 0 Å². The Kier molecular flexibility index (Phi) is 11.7. The van der Waals surface area contributed by atoms with Crippen LogP contribution in [0.2, 0.25) is 0 Å². The average molecular weight is 646 g/mol. The Morgan fingerprint density at radius 2 is 1.37 bits per heavy atom. The number of hydrogen-bond acceptors (Lipinski definition) is 7. The molecular weight excluding hydrogens is 578 g/mol. The molecule has 0 aromatic carbocycles. The molecule has 4 fully saturated rings. The number of esters is 3. The van der Waals surface area contributed by atoms with Crippen LogP contribution in [0.1, 0.15) is 159 Å². The third-order valence-corrected chi connectivity index (χ3v) is 12.8. The molecule has 7 heteroatoms. The molecule has 264 valence electrons. The Morgan fingerprint density at radius 3 is 2.02 bits per heavy atom. The van der Waals surface area contributed by atoms with Crippen LogP contribution in [0.4, 0.5) is 0 Å². The second kappa shape index (κ2) is 14.5. The number of unbranched alkanes of at least 4 members (excludes halogenated alkanes) is 1.